The molecule has 1 aliphatic rings. The molecule has 0 saturated heterocycles. The van der Waals surface area contributed by atoms with Gasteiger partial charge in [-0.2, -0.15) is 0 Å². The van der Waals surface area contributed by atoms with Crippen molar-refractivity contribution in [1.29, 1.82) is 0 Å². The molecule has 3 N–H and O–H groups in total. The van der Waals surface area contributed by atoms with E-state index in [1.54, 1.807) is 0 Å². The van der Waals surface area contributed by atoms with E-state index in [1.165, 1.54) is 11.1 Å². The summed E-state index contributed by atoms with van der Waals surface area (Å²) in [6, 6.07) is 8.12. The van der Waals surface area contributed by atoms with E-state index in [4.69, 9.17) is 5.73 Å². The van der Waals surface area contributed by atoms with Crippen LogP contribution in [-0.4, -0.2) is 11.9 Å². The Hall–Kier alpha value is -1.35. The highest BCUT2D eigenvalue weighted by atomic mass is 16.1. The molecule has 0 unspecified atom stereocenters. The van der Waals surface area contributed by atoms with E-state index in [9.17, 15) is 4.79 Å². The summed E-state index contributed by atoms with van der Waals surface area (Å²) >= 11 is 0. The molecule has 1 aromatic carbocycles. The molecule has 3 nitrogen and oxygen atoms in total. The van der Waals surface area contributed by atoms with Crippen LogP contribution in [0.3, 0.4) is 0 Å². The third-order valence-corrected chi connectivity index (χ3v) is 2.96. The first kappa shape index (κ1) is 10.2. The van der Waals surface area contributed by atoms with E-state index in [1.807, 2.05) is 25.1 Å². The molecule has 2 rings (SSSR count). The molecule has 1 amide bonds. The van der Waals surface area contributed by atoms with Crippen molar-refractivity contribution in [1.82, 2.24) is 5.32 Å². The Morgan fingerprint density at radius 3 is 2.93 bits per heavy atom. The Bertz CT molecular complexity index is 376. The fraction of sp³-hybridized carbons (Fsp3) is 0.417. The number of hydrogen-bond donors (Lipinski definition) is 2. The van der Waals surface area contributed by atoms with Crippen LogP contribution < -0.4 is 11.1 Å². The first-order valence-electron chi connectivity index (χ1n) is 5.35. The molecular weight excluding hydrogens is 188 g/mol. The number of rotatable bonds is 2. The third kappa shape index (κ3) is 1.88. The zero-order valence-corrected chi connectivity index (χ0v) is 8.86. The van der Waals surface area contributed by atoms with E-state index < -0.39 is 0 Å². The molecule has 3 heteroatoms. The second-order valence-corrected chi connectivity index (χ2v) is 3.96. The maximum atomic E-state index is 11.3. The van der Waals surface area contributed by atoms with Crippen LogP contribution in [0.5, 0.6) is 0 Å². The van der Waals surface area contributed by atoms with Crippen LogP contribution in [0.25, 0.3) is 0 Å². The summed E-state index contributed by atoms with van der Waals surface area (Å²) in [5, 5.41) is 2.96. The average molecular weight is 204 g/mol. The molecule has 1 aliphatic carbocycles. The molecule has 0 radical (unpaired) electrons. The van der Waals surface area contributed by atoms with E-state index >= 15 is 0 Å². The lowest BCUT2D eigenvalue weighted by atomic mass is 10.1. The molecule has 0 saturated carbocycles. The van der Waals surface area contributed by atoms with Crippen molar-refractivity contribution in [2.45, 2.75) is 31.8 Å². The van der Waals surface area contributed by atoms with Gasteiger partial charge in [0.25, 0.3) is 0 Å². The topological polar surface area (TPSA) is 55.1 Å². The van der Waals surface area contributed by atoms with Crippen molar-refractivity contribution in [3.63, 3.8) is 0 Å². The lowest BCUT2D eigenvalue weighted by molar-refractivity contribution is -0.121. The summed E-state index contributed by atoms with van der Waals surface area (Å²) in [6.45, 7) is 1.85. The lowest BCUT2D eigenvalue weighted by Gasteiger charge is -2.17. The number of benzene rings is 1. The number of amides is 1. The smallest absolute Gasteiger partial charge is 0.220 e. The maximum Gasteiger partial charge on any atom is 0.220 e. The summed E-state index contributed by atoms with van der Waals surface area (Å²) in [6.07, 6.45) is 1.36. The summed E-state index contributed by atoms with van der Waals surface area (Å²) in [4.78, 5) is 11.3. The average Bonchev–Trinajstić information content (AvgIpc) is 2.57. The van der Waals surface area contributed by atoms with Crippen molar-refractivity contribution in [3.05, 3.63) is 35.4 Å². The minimum absolute atomic E-state index is 0.0586. The van der Waals surface area contributed by atoms with Gasteiger partial charge in [0.1, 0.15) is 0 Å². The van der Waals surface area contributed by atoms with Crippen LogP contribution in [0, 0.1) is 0 Å². The predicted octanol–water partition coefficient (Wildman–Crippen LogP) is 1.14. The molecule has 15 heavy (non-hydrogen) atoms. The van der Waals surface area contributed by atoms with Gasteiger partial charge in [-0.05, 0) is 17.5 Å². The monoisotopic (exact) mass is 204 g/mol. The van der Waals surface area contributed by atoms with Gasteiger partial charge in [0.05, 0.1) is 12.1 Å². The van der Waals surface area contributed by atoms with Crippen molar-refractivity contribution in [2.24, 2.45) is 5.73 Å². The van der Waals surface area contributed by atoms with Gasteiger partial charge in [-0.15, -0.1) is 0 Å². The molecule has 1 aromatic rings. The lowest BCUT2D eigenvalue weighted by Crippen LogP contribution is -2.40. The van der Waals surface area contributed by atoms with E-state index in [0.29, 0.717) is 6.42 Å². The van der Waals surface area contributed by atoms with Crippen molar-refractivity contribution in [2.75, 3.05) is 0 Å². The quantitative estimate of drug-likeness (QED) is 0.759. The van der Waals surface area contributed by atoms with E-state index in [0.717, 1.165) is 6.42 Å². The Morgan fingerprint density at radius 2 is 2.27 bits per heavy atom. The summed E-state index contributed by atoms with van der Waals surface area (Å²) in [7, 11) is 0. The molecule has 0 heterocycles. The fourth-order valence-electron chi connectivity index (χ4n) is 2.08. The van der Waals surface area contributed by atoms with Crippen molar-refractivity contribution in [3.8, 4) is 0 Å². The van der Waals surface area contributed by atoms with Gasteiger partial charge in [0, 0.05) is 6.42 Å². The normalized spacial score (nSPS) is 23.6. The maximum absolute atomic E-state index is 11.3. The van der Waals surface area contributed by atoms with Crippen LogP contribution in [0.1, 0.15) is 30.5 Å². The highest BCUT2D eigenvalue weighted by Gasteiger charge is 2.29. The number of nitrogens with two attached hydrogens (primary N) is 1. The third-order valence-electron chi connectivity index (χ3n) is 2.96. The van der Waals surface area contributed by atoms with Gasteiger partial charge < -0.3 is 11.1 Å². The molecular formula is C12H16N2O. The number of carbonyl (C=O) groups excluding carboxylic acids is 1. The van der Waals surface area contributed by atoms with Crippen LogP contribution in [0.4, 0.5) is 0 Å². The fourth-order valence-corrected chi connectivity index (χ4v) is 2.08. The highest BCUT2D eigenvalue weighted by Crippen LogP contribution is 2.29. The Morgan fingerprint density at radius 1 is 1.53 bits per heavy atom. The van der Waals surface area contributed by atoms with Gasteiger partial charge in [-0.3, -0.25) is 4.79 Å². The molecule has 0 fully saturated rings. The minimum Gasteiger partial charge on any atom is -0.351 e. The minimum atomic E-state index is -0.0586. The van der Waals surface area contributed by atoms with Crippen molar-refractivity contribution >= 4 is 5.91 Å². The van der Waals surface area contributed by atoms with Crippen molar-refractivity contribution < 1.29 is 4.79 Å². The van der Waals surface area contributed by atoms with Gasteiger partial charge in [0.2, 0.25) is 5.91 Å². The molecule has 0 bridgehead atoms. The van der Waals surface area contributed by atoms with E-state index in [2.05, 4.69) is 11.4 Å². The molecule has 0 aromatic heterocycles. The summed E-state index contributed by atoms with van der Waals surface area (Å²) in [5.74, 6) is 0.0725. The summed E-state index contributed by atoms with van der Waals surface area (Å²) < 4.78 is 0. The van der Waals surface area contributed by atoms with E-state index in [-0.39, 0.29) is 18.0 Å². The van der Waals surface area contributed by atoms with Gasteiger partial charge in [-0.25, -0.2) is 0 Å². The molecule has 80 valence electrons. The largest absolute Gasteiger partial charge is 0.351 e. The van der Waals surface area contributed by atoms with Gasteiger partial charge >= 0.3 is 0 Å². The number of hydrogen-bond acceptors (Lipinski definition) is 2. The Kier molecular flexibility index (Phi) is 2.73. The van der Waals surface area contributed by atoms with Crippen LogP contribution in [0.15, 0.2) is 24.3 Å². The van der Waals surface area contributed by atoms with Gasteiger partial charge in [-0.1, -0.05) is 31.2 Å². The Balaban J connectivity index is 2.13. The number of nitrogens with one attached hydrogen (secondary N) is 1. The first-order chi connectivity index (χ1) is 7.22. The van der Waals surface area contributed by atoms with Gasteiger partial charge in [0.15, 0.2) is 0 Å². The molecule has 0 spiro atoms. The molecule has 2 atom stereocenters. The number of carbonyl (C=O) groups is 1. The zero-order valence-electron chi connectivity index (χ0n) is 8.86. The SMILES string of the molecule is CCC(=O)N[C@H]1Cc2ccccc2[C@@H]1N. The molecule has 0 aliphatic heterocycles. The van der Waals surface area contributed by atoms with Crippen LogP contribution >= 0.6 is 0 Å². The Labute approximate surface area is 89.7 Å². The summed E-state index contributed by atoms with van der Waals surface area (Å²) in [5.41, 5.74) is 8.50. The zero-order chi connectivity index (χ0) is 10.8. The predicted molar refractivity (Wildman–Crippen MR) is 59.3 cm³/mol. The second-order valence-electron chi connectivity index (χ2n) is 3.96. The standard InChI is InChI=1S/C12H16N2O/c1-2-11(15)14-10-7-8-5-3-4-6-9(8)12(10)13/h3-6,10,12H,2,7,13H2,1H3,(H,14,15)/t10-,12-/m0/s1. The highest BCUT2D eigenvalue weighted by molar-refractivity contribution is 5.76. The number of fused-ring (bicyclic) bond motifs is 1. The van der Waals surface area contributed by atoms with Crippen LogP contribution in [0.2, 0.25) is 0 Å². The second kappa shape index (κ2) is 4.03. The van der Waals surface area contributed by atoms with Crippen LogP contribution in [-0.2, 0) is 11.2 Å². The first-order valence-corrected chi connectivity index (χ1v) is 5.35.